The van der Waals surface area contributed by atoms with Gasteiger partial charge in [-0.05, 0) is 41.9 Å². The average Bonchev–Trinajstić information content (AvgIpc) is 2.96. The number of phenolic OH excluding ortho intramolecular Hbond substituents is 1. The zero-order valence-corrected chi connectivity index (χ0v) is 10.3. The van der Waals surface area contributed by atoms with Crippen molar-refractivity contribution in [3.05, 3.63) is 23.8 Å². The Kier molecular flexibility index (Phi) is 2.83. The molecule has 1 aliphatic rings. The van der Waals surface area contributed by atoms with E-state index in [-0.39, 0.29) is 5.41 Å². The lowest BCUT2D eigenvalue weighted by molar-refractivity contribution is 0.297. The standard InChI is InChI=1S/C14H20O2/c1-14(2,3)11-6-12(15)8-13(7-11)16-9-10-4-5-10/h6-8,10,15H,4-5,9H2,1-3H3. The minimum atomic E-state index is 0.0381. The van der Waals surface area contributed by atoms with Gasteiger partial charge in [-0.15, -0.1) is 0 Å². The fourth-order valence-corrected chi connectivity index (χ4v) is 1.60. The summed E-state index contributed by atoms with van der Waals surface area (Å²) in [6.07, 6.45) is 2.57. The number of hydrogen-bond donors (Lipinski definition) is 1. The highest BCUT2D eigenvalue weighted by Gasteiger charge is 2.22. The van der Waals surface area contributed by atoms with Crippen LogP contribution in [0.1, 0.15) is 39.2 Å². The van der Waals surface area contributed by atoms with Gasteiger partial charge in [0.1, 0.15) is 11.5 Å². The van der Waals surface area contributed by atoms with E-state index in [4.69, 9.17) is 4.74 Å². The summed E-state index contributed by atoms with van der Waals surface area (Å²) >= 11 is 0. The van der Waals surface area contributed by atoms with Crippen molar-refractivity contribution in [1.82, 2.24) is 0 Å². The fraction of sp³-hybridized carbons (Fsp3) is 0.571. The monoisotopic (exact) mass is 220 g/mol. The molecule has 1 aliphatic carbocycles. The zero-order chi connectivity index (χ0) is 11.8. The third kappa shape index (κ3) is 2.91. The molecule has 1 N–H and O–H groups in total. The highest BCUT2D eigenvalue weighted by atomic mass is 16.5. The molecule has 0 spiro atoms. The molecule has 0 aromatic heterocycles. The number of rotatable bonds is 3. The Bertz CT molecular complexity index is 373. The summed E-state index contributed by atoms with van der Waals surface area (Å²) in [5, 5.41) is 9.66. The molecule has 1 aromatic carbocycles. The molecule has 1 fully saturated rings. The normalized spacial score (nSPS) is 16.2. The molecule has 88 valence electrons. The molecule has 2 rings (SSSR count). The highest BCUT2D eigenvalue weighted by molar-refractivity contribution is 5.40. The molecule has 0 unspecified atom stereocenters. The minimum absolute atomic E-state index is 0.0381. The van der Waals surface area contributed by atoms with Crippen LogP contribution < -0.4 is 4.74 Å². The van der Waals surface area contributed by atoms with Crippen molar-refractivity contribution in [2.45, 2.75) is 39.0 Å². The van der Waals surface area contributed by atoms with Crippen LogP contribution in [0.15, 0.2) is 18.2 Å². The molecule has 2 nitrogen and oxygen atoms in total. The van der Waals surface area contributed by atoms with Crippen molar-refractivity contribution >= 4 is 0 Å². The summed E-state index contributed by atoms with van der Waals surface area (Å²) < 4.78 is 5.69. The minimum Gasteiger partial charge on any atom is -0.508 e. The van der Waals surface area contributed by atoms with Crippen molar-refractivity contribution < 1.29 is 9.84 Å². The number of ether oxygens (including phenoxy) is 1. The summed E-state index contributed by atoms with van der Waals surface area (Å²) in [5.74, 6) is 1.82. The van der Waals surface area contributed by atoms with Crippen LogP contribution in [0.5, 0.6) is 11.5 Å². The van der Waals surface area contributed by atoms with Gasteiger partial charge in [0.25, 0.3) is 0 Å². The Balaban J connectivity index is 2.14. The molecule has 0 atom stereocenters. The van der Waals surface area contributed by atoms with E-state index < -0.39 is 0 Å². The second-order valence-corrected chi connectivity index (χ2v) is 5.72. The quantitative estimate of drug-likeness (QED) is 0.845. The first-order chi connectivity index (χ1) is 7.45. The lowest BCUT2D eigenvalue weighted by Gasteiger charge is -2.20. The lowest BCUT2D eigenvalue weighted by Crippen LogP contribution is -2.11. The maximum atomic E-state index is 9.66. The van der Waals surface area contributed by atoms with E-state index in [2.05, 4.69) is 20.8 Å². The van der Waals surface area contributed by atoms with Gasteiger partial charge in [0.15, 0.2) is 0 Å². The van der Waals surface area contributed by atoms with Crippen LogP contribution in [0.3, 0.4) is 0 Å². The lowest BCUT2D eigenvalue weighted by atomic mass is 9.87. The van der Waals surface area contributed by atoms with Crippen LogP contribution in [0, 0.1) is 5.92 Å². The molecule has 0 bridgehead atoms. The van der Waals surface area contributed by atoms with Gasteiger partial charge in [0.05, 0.1) is 6.61 Å². The Hall–Kier alpha value is -1.18. The van der Waals surface area contributed by atoms with Crippen molar-refractivity contribution in [3.8, 4) is 11.5 Å². The Morgan fingerprint density at radius 1 is 1.25 bits per heavy atom. The van der Waals surface area contributed by atoms with E-state index in [0.29, 0.717) is 5.75 Å². The smallest absolute Gasteiger partial charge is 0.123 e. The summed E-state index contributed by atoms with van der Waals surface area (Å²) in [6.45, 7) is 7.18. The van der Waals surface area contributed by atoms with Crippen LogP contribution in [0.4, 0.5) is 0 Å². The van der Waals surface area contributed by atoms with Crippen LogP contribution in [-0.4, -0.2) is 11.7 Å². The van der Waals surface area contributed by atoms with Crippen molar-refractivity contribution in [2.24, 2.45) is 5.92 Å². The maximum Gasteiger partial charge on any atom is 0.123 e. The highest BCUT2D eigenvalue weighted by Crippen LogP contribution is 2.33. The summed E-state index contributed by atoms with van der Waals surface area (Å²) in [7, 11) is 0. The molecule has 0 amide bonds. The molecule has 0 radical (unpaired) electrons. The van der Waals surface area contributed by atoms with Gasteiger partial charge in [0, 0.05) is 6.07 Å². The number of phenols is 1. The van der Waals surface area contributed by atoms with Gasteiger partial charge >= 0.3 is 0 Å². The van der Waals surface area contributed by atoms with E-state index in [1.807, 2.05) is 12.1 Å². The summed E-state index contributed by atoms with van der Waals surface area (Å²) in [5.41, 5.74) is 1.15. The molecule has 1 aromatic rings. The molecule has 1 saturated carbocycles. The largest absolute Gasteiger partial charge is 0.508 e. The molecule has 0 aliphatic heterocycles. The summed E-state index contributed by atoms with van der Waals surface area (Å²) in [6, 6.07) is 5.53. The maximum absolute atomic E-state index is 9.66. The fourth-order valence-electron chi connectivity index (χ4n) is 1.60. The molecule has 16 heavy (non-hydrogen) atoms. The second kappa shape index (κ2) is 4.00. The molecule has 0 saturated heterocycles. The van der Waals surface area contributed by atoms with Gasteiger partial charge in [-0.1, -0.05) is 20.8 Å². The zero-order valence-electron chi connectivity index (χ0n) is 10.3. The van der Waals surface area contributed by atoms with Gasteiger partial charge in [0.2, 0.25) is 0 Å². The Morgan fingerprint density at radius 2 is 1.94 bits per heavy atom. The van der Waals surface area contributed by atoms with Crippen molar-refractivity contribution in [1.29, 1.82) is 0 Å². The molecule has 0 heterocycles. The van der Waals surface area contributed by atoms with Crippen LogP contribution in [0.2, 0.25) is 0 Å². The predicted molar refractivity (Wildman–Crippen MR) is 65.0 cm³/mol. The van der Waals surface area contributed by atoms with E-state index >= 15 is 0 Å². The number of benzene rings is 1. The van der Waals surface area contributed by atoms with Gasteiger partial charge < -0.3 is 9.84 Å². The van der Waals surface area contributed by atoms with E-state index in [0.717, 1.165) is 23.8 Å². The van der Waals surface area contributed by atoms with Gasteiger partial charge in [-0.25, -0.2) is 0 Å². The Morgan fingerprint density at radius 3 is 2.50 bits per heavy atom. The average molecular weight is 220 g/mol. The van der Waals surface area contributed by atoms with Crippen LogP contribution in [0.25, 0.3) is 0 Å². The molecular weight excluding hydrogens is 200 g/mol. The topological polar surface area (TPSA) is 29.5 Å². The first-order valence-electron chi connectivity index (χ1n) is 5.92. The second-order valence-electron chi connectivity index (χ2n) is 5.72. The van der Waals surface area contributed by atoms with Crippen LogP contribution >= 0.6 is 0 Å². The van der Waals surface area contributed by atoms with Crippen molar-refractivity contribution in [2.75, 3.05) is 6.61 Å². The Labute approximate surface area is 97.3 Å². The van der Waals surface area contributed by atoms with E-state index in [1.165, 1.54) is 12.8 Å². The van der Waals surface area contributed by atoms with Crippen LogP contribution in [-0.2, 0) is 5.41 Å². The first kappa shape index (κ1) is 11.3. The SMILES string of the molecule is CC(C)(C)c1cc(O)cc(OCC2CC2)c1. The van der Waals surface area contributed by atoms with Crippen molar-refractivity contribution in [3.63, 3.8) is 0 Å². The number of aromatic hydroxyl groups is 1. The third-order valence-corrected chi connectivity index (χ3v) is 2.94. The summed E-state index contributed by atoms with van der Waals surface area (Å²) in [4.78, 5) is 0. The van der Waals surface area contributed by atoms with Gasteiger partial charge in [-0.3, -0.25) is 0 Å². The van der Waals surface area contributed by atoms with E-state index in [9.17, 15) is 5.11 Å². The van der Waals surface area contributed by atoms with Gasteiger partial charge in [-0.2, -0.15) is 0 Å². The molecule has 2 heteroatoms. The first-order valence-corrected chi connectivity index (χ1v) is 5.92. The molecular formula is C14H20O2. The predicted octanol–water partition coefficient (Wildman–Crippen LogP) is 3.48. The third-order valence-electron chi connectivity index (χ3n) is 2.94. The number of hydrogen-bond acceptors (Lipinski definition) is 2. The van der Waals surface area contributed by atoms with E-state index in [1.54, 1.807) is 6.07 Å².